The Morgan fingerprint density at radius 3 is 2.33 bits per heavy atom. The monoisotopic (exact) mass is 308 g/mol. The lowest BCUT2D eigenvalue weighted by Gasteiger charge is -2.21. The largest absolute Gasteiger partial charge is 0.326 e. The van der Waals surface area contributed by atoms with Crippen molar-refractivity contribution in [1.29, 1.82) is 0 Å². The van der Waals surface area contributed by atoms with Gasteiger partial charge in [0.2, 0.25) is 0 Å². The van der Waals surface area contributed by atoms with E-state index in [0.717, 1.165) is 15.9 Å². The number of aryl methyl sites for hydroxylation is 1. The highest BCUT2D eigenvalue weighted by Gasteiger charge is 2.23. The quantitative estimate of drug-likeness (QED) is 0.943. The topological polar surface area (TPSA) is 63.4 Å². The molecule has 21 heavy (non-hydrogen) atoms. The molecule has 112 valence electrons. The fourth-order valence-corrected chi connectivity index (χ4v) is 3.41. The second kappa shape index (κ2) is 5.83. The number of hydrogen-bond acceptors (Lipinski definition) is 3. The van der Waals surface area contributed by atoms with E-state index in [9.17, 15) is 12.8 Å². The highest BCUT2D eigenvalue weighted by atomic mass is 32.2. The van der Waals surface area contributed by atoms with E-state index in [-0.39, 0.29) is 4.90 Å². The number of hydrogen-bond donors (Lipinski definition) is 1. The van der Waals surface area contributed by atoms with Crippen LogP contribution in [0.15, 0.2) is 47.4 Å². The van der Waals surface area contributed by atoms with E-state index in [2.05, 4.69) is 0 Å². The van der Waals surface area contributed by atoms with Crippen LogP contribution in [0.4, 0.5) is 10.1 Å². The third-order valence-electron chi connectivity index (χ3n) is 3.32. The van der Waals surface area contributed by atoms with Gasteiger partial charge in [-0.3, -0.25) is 4.31 Å². The van der Waals surface area contributed by atoms with E-state index in [1.165, 1.54) is 19.2 Å². The zero-order valence-corrected chi connectivity index (χ0v) is 12.7. The second-order valence-electron chi connectivity index (χ2n) is 4.75. The molecule has 0 atom stereocenters. The molecule has 0 saturated carbocycles. The predicted octanol–water partition coefficient (Wildman–Crippen LogP) is 2.42. The molecule has 0 radical (unpaired) electrons. The van der Waals surface area contributed by atoms with Crippen LogP contribution in [0.1, 0.15) is 11.1 Å². The van der Waals surface area contributed by atoms with E-state index in [1.807, 2.05) is 0 Å². The van der Waals surface area contributed by atoms with Crippen molar-refractivity contribution in [1.82, 2.24) is 0 Å². The van der Waals surface area contributed by atoms with E-state index in [4.69, 9.17) is 5.73 Å². The number of nitrogens with two attached hydrogens (primary N) is 1. The lowest BCUT2D eigenvalue weighted by atomic mass is 10.2. The molecule has 0 saturated heterocycles. The summed E-state index contributed by atoms with van der Waals surface area (Å²) in [7, 11) is -2.36. The molecule has 0 aliphatic carbocycles. The zero-order valence-electron chi connectivity index (χ0n) is 11.9. The summed E-state index contributed by atoms with van der Waals surface area (Å²) in [6.07, 6.45) is 0. The van der Waals surface area contributed by atoms with E-state index in [0.29, 0.717) is 17.8 Å². The summed E-state index contributed by atoms with van der Waals surface area (Å²) in [5.41, 5.74) is 7.42. The van der Waals surface area contributed by atoms with Gasteiger partial charge in [-0.1, -0.05) is 18.2 Å². The van der Waals surface area contributed by atoms with Crippen molar-refractivity contribution in [2.75, 3.05) is 11.4 Å². The Morgan fingerprint density at radius 2 is 1.76 bits per heavy atom. The SMILES string of the molecule is Cc1ccc(F)cc1S(=O)(=O)N(C)c1ccc(CN)cc1. The normalized spacial score (nSPS) is 11.4. The molecule has 0 spiro atoms. The van der Waals surface area contributed by atoms with Gasteiger partial charge in [0, 0.05) is 13.6 Å². The van der Waals surface area contributed by atoms with E-state index in [1.54, 1.807) is 31.2 Å². The van der Waals surface area contributed by atoms with Gasteiger partial charge in [0.1, 0.15) is 5.82 Å². The first kappa shape index (κ1) is 15.5. The molecule has 0 bridgehead atoms. The fourth-order valence-electron chi connectivity index (χ4n) is 1.98. The molecule has 0 heterocycles. The van der Waals surface area contributed by atoms with Crippen LogP contribution in [-0.2, 0) is 16.6 Å². The van der Waals surface area contributed by atoms with E-state index < -0.39 is 15.8 Å². The summed E-state index contributed by atoms with van der Waals surface area (Å²) in [4.78, 5) is -0.0344. The van der Waals surface area contributed by atoms with Crippen LogP contribution in [0, 0.1) is 12.7 Å². The number of sulfonamides is 1. The van der Waals surface area contributed by atoms with Gasteiger partial charge in [-0.2, -0.15) is 0 Å². The Hall–Kier alpha value is -1.92. The molecular weight excluding hydrogens is 291 g/mol. The van der Waals surface area contributed by atoms with Gasteiger partial charge in [-0.15, -0.1) is 0 Å². The highest BCUT2D eigenvalue weighted by molar-refractivity contribution is 7.92. The second-order valence-corrected chi connectivity index (χ2v) is 6.69. The third kappa shape index (κ3) is 3.06. The van der Waals surface area contributed by atoms with Crippen LogP contribution in [-0.4, -0.2) is 15.5 Å². The zero-order chi connectivity index (χ0) is 15.6. The fraction of sp³-hybridized carbons (Fsp3) is 0.200. The van der Waals surface area contributed by atoms with Crippen LogP contribution in [0.5, 0.6) is 0 Å². The third-order valence-corrected chi connectivity index (χ3v) is 5.25. The minimum Gasteiger partial charge on any atom is -0.326 e. The average molecular weight is 308 g/mol. The maximum absolute atomic E-state index is 13.3. The summed E-state index contributed by atoms with van der Waals surface area (Å²) >= 11 is 0. The molecule has 0 amide bonds. The van der Waals surface area contributed by atoms with Crippen molar-refractivity contribution < 1.29 is 12.8 Å². The minimum atomic E-state index is -3.80. The molecule has 2 N–H and O–H groups in total. The minimum absolute atomic E-state index is 0.0344. The molecular formula is C15H17FN2O2S. The van der Waals surface area contributed by atoms with Gasteiger partial charge in [0.15, 0.2) is 0 Å². The molecule has 0 aliphatic rings. The van der Waals surface area contributed by atoms with Crippen LogP contribution in [0.3, 0.4) is 0 Å². The van der Waals surface area contributed by atoms with Gasteiger partial charge in [0.05, 0.1) is 10.6 Å². The van der Waals surface area contributed by atoms with Crippen LogP contribution in [0.25, 0.3) is 0 Å². The van der Waals surface area contributed by atoms with Crippen LogP contribution in [0.2, 0.25) is 0 Å². The standard InChI is InChI=1S/C15H17FN2O2S/c1-11-3-6-13(16)9-15(11)21(19,20)18(2)14-7-4-12(10-17)5-8-14/h3-9H,10,17H2,1-2H3. The first-order valence-corrected chi connectivity index (χ1v) is 7.84. The molecule has 2 aromatic rings. The number of anilines is 1. The number of rotatable bonds is 4. The smallest absolute Gasteiger partial charge is 0.264 e. The van der Waals surface area contributed by atoms with Gasteiger partial charge in [-0.25, -0.2) is 12.8 Å². The van der Waals surface area contributed by atoms with Gasteiger partial charge in [0.25, 0.3) is 10.0 Å². The van der Waals surface area contributed by atoms with Crippen LogP contribution < -0.4 is 10.0 Å². The number of halogens is 1. The Bertz CT molecular complexity index is 743. The molecule has 0 unspecified atom stereocenters. The maximum atomic E-state index is 13.3. The Kier molecular flexibility index (Phi) is 4.29. The molecule has 0 fully saturated rings. The predicted molar refractivity (Wildman–Crippen MR) is 81.1 cm³/mol. The highest BCUT2D eigenvalue weighted by Crippen LogP contribution is 2.25. The van der Waals surface area contributed by atoms with Crippen molar-refractivity contribution in [3.05, 3.63) is 59.4 Å². The van der Waals surface area contributed by atoms with E-state index >= 15 is 0 Å². The van der Waals surface area contributed by atoms with Crippen LogP contribution >= 0.6 is 0 Å². The van der Waals surface area contributed by atoms with Crippen molar-refractivity contribution in [3.63, 3.8) is 0 Å². The molecule has 4 nitrogen and oxygen atoms in total. The van der Waals surface area contributed by atoms with Crippen molar-refractivity contribution in [2.45, 2.75) is 18.4 Å². The van der Waals surface area contributed by atoms with Crippen molar-refractivity contribution in [3.8, 4) is 0 Å². The molecule has 6 heteroatoms. The summed E-state index contributed by atoms with van der Waals surface area (Å²) < 4.78 is 39.7. The average Bonchev–Trinajstić information content (AvgIpc) is 2.49. The summed E-state index contributed by atoms with van der Waals surface area (Å²) in [6, 6.07) is 10.6. The number of nitrogens with zero attached hydrogens (tertiary/aromatic N) is 1. The van der Waals surface area contributed by atoms with Gasteiger partial charge >= 0.3 is 0 Å². The lowest BCUT2D eigenvalue weighted by Crippen LogP contribution is -2.27. The van der Waals surface area contributed by atoms with Gasteiger partial charge in [-0.05, 0) is 42.3 Å². The lowest BCUT2D eigenvalue weighted by molar-refractivity contribution is 0.588. The molecule has 0 aliphatic heterocycles. The number of benzene rings is 2. The Morgan fingerprint density at radius 1 is 1.14 bits per heavy atom. The molecule has 0 aromatic heterocycles. The van der Waals surface area contributed by atoms with Gasteiger partial charge < -0.3 is 5.73 Å². The van der Waals surface area contributed by atoms with Crippen molar-refractivity contribution in [2.24, 2.45) is 5.73 Å². The Labute approximate surface area is 124 Å². The summed E-state index contributed by atoms with van der Waals surface area (Å²) in [5.74, 6) is -0.578. The maximum Gasteiger partial charge on any atom is 0.264 e. The summed E-state index contributed by atoms with van der Waals surface area (Å²) in [5, 5.41) is 0. The molecule has 2 rings (SSSR count). The first-order valence-electron chi connectivity index (χ1n) is 6.40. The Balaban J connectivity index is 2.44. The summed E-state index contributed by atoms with van der Waals surface area (Å²) in [6.45, 7) is 2.03. The first-order chi connectivity index (χ1) is 9.86. The molecule has 2 aromatic carbocycles. The van der Waals surface area contributed by atoms with Crippen molar-refractivity contribution >= 4 is 15.7 Å².